The fraction of sp³-hybridized carbons (Fsp3) is 0.606. The van der Waals surface area contributed by atoms with Crippen LogP contribution in [0.25, 0.3) is 0 Å². The van der Waals surface area contributed by atoms with Gasteiger partial charge >= 0.3 is 5.97 Å². The van der Waals surface area contributed by atoms with Crippen molar-refractivity contribution in [1.82, 2.24) is 0 Å². The Bertz CT molecular complexity index is 892. The molecule has 1 atom stereocenters. The number of unbranched alkanes of at least 4 members (excludes halogenated alkanes) is 3. The maximum absolute atomic E-state index is 11.0. The quantitative estimate of drug-likeness (QED) is 0.0973. The molecule has 1 saturated carbocycles. The number of allylic oxidation sites excluding steroid dienone is 3. The second-order valence-corrected chi connectivity index (χ2v) is 10.8. The second-order valence-electron chi connectivity index (χ2n) is 10.8. The minimum atomic E-state index is -0.938. The highest BCUT2D eigenvalue weighted by atomic mass is 16.6. The average Bonchev–Trinajstić information content (AvgIpc) is 2.95. The largest absolute Gasteiger partial charge is 0.498 e. The van der Waals surface area contributed by atoms with Crippen LogP contribution in [0.4, 0.5) is 0 Å². The standard InChI is InChI=1S/C33H48O5/c1-3-9-26-10-12-27(13-11-26)14-15-28-16-20-31(21-17-28)38-33(35)29-18-22-30(23-19-29)36-24-7-5-6-8-25-37-32(34)4-2/h4,16-18,20-22,26-27,33,35H,2-3,5-15,19,23-25H2,1H3. The van der Waals surface area contributed by atoms with Crippen molar-refractivity contribution in [2.75, 3.05) is 13.2 Å². The van der Waals surface area contributed by atoms with E-state index in [-0.39, 0.29) is 5.97 Å². The lowest BCUT2D eigenvalue weighted by atomic mass is 9.78. The number of esters is 1. The fourth-order valence-electron chi connectivity index (χ4n) is 5.48. The van der Waals surface area contributed by atoms with Crippen LogP contribution in [0.5, 0.6) is 5.75 Å². The maximum Gasteiger partial charge on any atom is 0.330 e. The van der Waals surface area contributed by atoms with Gasteiger partial charge in [0.1, 0.15) is 5.75 Å². The van der Waals surface area contributed by atoms with Crippen LogP contribution in [0, 0.1) is 11.8 Å². The molecule has 0 aliphatic heterocycles. The van der Waals surface area contributed by atoms with E-state index in [1.54, 1.807) is 0 Å². The molecule has 38 heavy (non-hydrogen) atoms. The van der Waals surface area contributed by atoms with E-state index in [9.17, 15) is 9.90 Å². The number of aliphatic hydroxyl groups excluding tert-OH is 1. The van der Waals surface area contributed by atoms with Gasteiger partial charge in [-0.2, -0.15) is 0 Å². The van der Waals surface area contributed by atoms with Gasteiger partial charge in [-0.15, -0.1) is 0 Å². The molecule has 5 nitrogen and oxygen atoms in total. The molecule has 0 radical (unpaired) electrons. The molecule has 2 aliphatic carbocycles. The molecule has 5 heteroatoms. The van der Waals surface area contributed by atoms with Crippen molar-refractivity contribution >= 4 is 5.97 Å². The first-order chi connectivity index (χ1) is 18.6. The van der Waals surface area contributed by atoms with Gasteiger partial charge in [0.15, 0.2) is 0 Å². The van der Waals surface area contributed by atoms with Gasteiger partial charge in [0, 0.05) is 12.5 Å². The van der Waals surface area contributed by atoms with Crippen LogP contribution in [0.15, 0.2) is 60.4 Å². The number of benzene rings is 1. The zero-order valence-corrected chi connectivity index (χ0v) is 23.4. The molecule has 0 aromatic heterocycles. The zero-order chi connectivity index (χ0) is 27.0. The molecular weight excluding hydrogens is 476 g/mol. The Morgan fingerprint density at radius 1 is 0.974 bits per heavy atom. The Morgan fingerprint density at radius 3 is 2.29 bits per heavy atom. The first kappa shape index (κ1) is 30.0. The number of carbonyl (C=O) groups excluding carboxylic acids is 1. The molecule has 0 saturated heterocycles. The summed E-state index contributed by atoms with van der Waals surface area (Å²) in [5.74, 6) is 3.13. The van der Waals surface area contributed by atoms with E-state index in [0.717, 1.165) is 68.1 Å². The summed E-state index contributed by atoms with van der Waals surface area (Å²) in [6.45, 7) is 6.80. The van der Waals surface area contributed by atoms with Crippen LogP contribution in [0.3, 0.4) is 0 Å². The summed E-state index contributed by atoms with van der Waals surface area (Å²) in [5.41, 5.74) is 2.22. The van der Waals surface area contributed by atoms with E-state index < -0.39 is 6.29 Å². The first-order valence-electron chi connectivity index (χ1n) is 14.8. The number of ether oxygens (including phenoxy) is 3. The highest BCUT2D eigenvalue weighted by Crippen LogP contribution is 2.34. The highest BCUT2D eigenvalue weighted by molar-refractivity contribution is 5.81. The van der Waals surface area contributed by atoms with Crippen LogP contribution in [-0.4, -0.2) is 30.6 Å². The van der Waals surface area contributed by atoms with Gasteiger partial charge in [-0.1, -0.05) is 70.2 Å². The molecule has 1 unspecified atom stereocenters. The van der Waals surface area contributed by atoms with Crippen LogP contribution < -0.4 is 4.74 Å². The van der Waals surface area contributed by atoms with E-state index in [4.69, 9.17) is 14.2 Å². The average molecular weight is 525 g/mol. The normalized spacial score (nSPS) is 20.2. The van der Waals surface area contributed by atoms with E-state index in [2.05, 4.69) is 25.6 Å². The number of hydrogen-bond acceptors (Lipinski definition) is 5. The zero-order valence-electron chi connectivity index (χ0n) is 23.4. The Hall–Kier alpha value is -2.53. The number of carbonyl (C=O) groups is 1. The van der Waals surface area contributed by atoms with Crippen LogP contribution in [-0.2, 0) is 20.7 Å². The third kappa shape index (κ3) is 11.1. The van der Waals surface area contributed by atoms with Gasteiger partial charge in [0.05, 0.1) is 19.0 Å². The first-order valence-corrected chi connectivity index (χ1v) is 14.8. The summed E-state index contributed by atoms with van der Waals surface area (Å²) in [4.78, 5) is 11.0. The summed E-state index contributed by atoms with van der Waals surface area (Å²) in [5, 5.41) is 10.6. The topological polar surface area (TPSA) is 65.0 Å². The molecule has 0 bridgehead atoms. The van der Waals surface area contributed by atoms with Crippen LogP contribution in [0.2, 0.25) is 0 Å². The number of aryl methyl sites for hydroxylation is 1. The highest BCUT2D eigenvalue weighted by Gasteiger charge is 2.20. The lowest BCUT2D eigenvalue weighted by Gasteiger charge is -2.28. The lowest BCUT2D eigenvalue weighted by molar-refractivity contribution is -0.137. The number of rotatable bonds is 17. The Labute approximate surface area is 230 Å². The van der Waals surface area contributed by atoms with E-state index in [1.165, 1.54) is 56.6 Å². The van der Waals surface area contributed by atoms with E-state index in [1.807, 2.05) is 24.3 Å². The number of hydrogen-bond donors (Lipinski definition) is 1. The van der Waals surface area contributed by atoms with Crippen molar-refractivity contribution in [3.8, 4) is 5.75 Å². The molecule has 0 spiro atoms. The van der Waals surface area contributed by atoms with Crippen molar-refractivity contribution in [3.63, 3.8) is 0 Å². The molecular formula is C33H48O5. The van der Waals surface area contributed by atoms with Gasteiger partial charge in [0.25, 0.3) is 0 Å². The van der Waals surface area contributed by atoms with Crippen molar-refractivity contribution in [2.45, 2.75) is 103 Å². The summed E-state index contributed by atoms with van der Waals surface area (Å²) in [7, 11) is 0. The van der Waals surface area contributed by atoms with Crippen molar-refractivity contribution in [2.24, 2.45) is 11.8 Å². The van der Waals surface area contributed by atoms with Gasteiger partial charge in [-0.3, -0.25) is 0 Å². The Morgan fingerprint density at radius 2 is 1.66 bits per heavy atom. The van der Waals surface area contributed by atoms with Gasteiger partial charge in [-0.25, -0.2) is 4.79 Å². The lowest BCUT2D eigenvalue weighted by Crippen LogP contribution is -2.20. The molecule has 1 aromatic rings. The maximum atomic E-state index is 11.0. The summed E-state index contributed by atoms with van der Waals surface area (Å²) in [6.07, 6.45) is 20.2. The molecule has 1 fully saturated rings. The van der Waals surface area contributed by atoms with E-state index in [0.29, 0.717) is 19.0 Å². The molecule has 0 amide bonds. The third-order valence-corrected chi connectivity index (χ3v) is 7.87. The van der Waals surface area contributed by atoms with E-state index >= 15 is 0 Å². The fourth-order valence-corrected chi connectivity index (χ4v) is 5.48. The Kier molecular flexibility index (Phi) is 13.5. The molecule has 0 heterocycles. The minimum Gasteiger partial charge on any atom is -0.498 e. The second kappa shape index (κ2) is 17.1. The third-order valence-electron chi connectivity index (χ3n) is 7.87. The van der Waals surface area contributed by atoms with Crippen molar-refractivity contribution < 1.29 is 24.1 Å². The van der Waals surface area contributed by atoms with Gasteiger partial charge in [-0.05, 0) is 86.1 Å². The summed E-state index contributed by atoms with van der Waals surface area (Å²) >= 11 is 0. The number of aliphatic hydroxyl groups is 1. The van der Waals surface area contributed by atoms with Crippen molar-refractivity contribution in [1.29, 1.82) is 0 Å². The predicted molar refractivity (Wildman–Crippen MR) is 153 cm³/mol. The Balaban J connectivity index is 1.29. The summed E-state index contributed by atoms with van der Waals surface area (Å²) in [6, 6.07) is 8.24. The monoisotopic (exact) mass is 524 g/mol. The molecule has 1 aromatic carbocycles. The van der Waals surface area contributed by atoms with Crippen molar-refractivity contribution in [3.05, 3.63) is 66.0 Å². The SMILES string of the molecule is C=CC(=O)OCCCCCCOC1=CC=C(C(O)Oc2ccc(CCC3CCC(CCC)CC3)cc2)CC1. The van der Waals surface area contributed by atoms with Crippen LogP contribution >= 0.6 is 0 Å². The summed E-state index contributed by atoms with van der Waals surface area (Å²) < 4.78 is 16.7. The molecule has 3 rings (SSSR count). The minimum absolute atomic E-state index is 0.362. The predicted octanol–water partition coefficient (Wildman–Crippen LogP) is 7.83. The molecule has 1 N–H and O–H groups in total. The smallest absolute Gasteiger partial charge is 0.330 e. The van der Waals surface area contributed by atoms with Gasteiger partial charge in [0.2, 0.25) is 6.29 Å². The van der Waals surface area contributed by atoms with Gasteiger partial charge < -0.3 is 19.3 Å². The molecule has 2 aliphatic rings. The van der Waals surface area contributed by atoms with Crippen LogP contribution in [0.1, 0.15) is 96.0 Å². The molecule has 210 valence electrons.